The Labute approximate surface area is 161 Å². The van der Waals surface area contributed by atoms with Gasteiger partial charge >= 0.3 is 0 Å². The second-order valence-corrected chi connectivity index (χ2v) is 7.13. The summed E-state index contributed by atoms with van der Waals surface area (Å²) in [5, 5.41) is 12.8. The molecule has 3 rings (SSSR count). The summed E-state index contributed by atoms with van der Waals surface area (Å²) in [6.45, 7) is 2.41. The number of fused-ring (bicyclic) bond motifs is 1. The van der Waals surface area contributed by atoms with E-state index < -0.39 is 0 Å². The number of amides is 2. The van der Waals surface area contributed by atoms with Gasteiger partial charge < -0.3 is 19.7 Å². The summed E-state index contributed by atoms with van der Waals surface area (Å²) in [5.41, 5.74) is 1.40. The molecule has 140 valence electrons. The van der Waals surface area contributed by atoms with E-state index in [1.54, 1.807) is 36.3 Å². The molecule has 0 bridgehead atoms. The number of thiophene rings is 1. The Hall–Kier alpha value is -3.05. The van der Waals surface area contributed by atoms with Crippen molar-refractivity contribution in [1.29, 1.82) is 5.26 Å². The highest BCUT2D eigenvalue weighted by atomic mass is 32.1. The van der Waals surface area contributed by atoms with Crippen molar-refractivity contribution in [1.82, 2.24) is 4.90 Å². The number of nitriles is 1. The molecule has 0 spiro atoms. The molecule has 2 amide bonds. The number of nitrogens with zero attached hydrogens (tertiary/aromatic N) is 2. The van der Waals surface area contributed by atoms with Crippen LogP contribution in [-0.4, -0.2) is 37.0 Å². The maximum absolute atomic E-state index is 12.3. The van der Waals surface area contributed by atoms with Gasteiger partial charge in [-0.05, 0) is 24.1 Å². The monoisotopic (exact) mass is 385 g/mol. The van der Waals surface area contributed by atoms with E-state index in [4.69, 9.17) is 9.47 Å². The molecule has 8 heteroatoms. The molecule has 0 atom stereocenters. The van der Waals surface area contributed by atoms with Gasteiger partial charge in [-0.1, -0.05) is 6.07 Å². The van der Waals surface area contributed by atoms with Crippen LogP contribution in [0, 0.1) is 11.3 Å². The summed E-state index contributed by atoms with van der Waals surface area (Å²) in [4.78, 5) is 26.5. The highest BCUT2D eigenvalue weighted by Gasteiger charge is 2.26. The minimum absolute atomic E-state index is 0.00447. The number of benzene rings is 1. The van der Waals surface area contributed by atoms with Crippen molar-refractivity contribution in [2.24, 2.45) is 0 Å². The second-order valence-electron chi connectivity index (χ2n) is 6.03. The Morgan fingerprint density at radius 1 is 1.37 bits per heavy atom. The van der Waals surface area contributed by atoms with Crippen LogP contribution in [0.4, 0.5) is 5.00 Å². The highest BCUT2D eigenvalue weighted by molar-refractivity contribution is 7.16. The van der Waals surface area contributed by atoms with Crippen LogP contribution in [0.1, 0.15) is 22.9 Å². The normalized spacial score (nSPS) is 12.7. The Morgan fingerprint density at radius 2 is 2.15 bits per heavy atom. The summed E-state index contributed by atoms with van der Waals surface area (Å²) < 4.78 is 10.6. The first-order valence-electron chi connectivity index (χ1n) is 8.38. The van der Waals surface area contributed by atoms with Crippen molar-refractivity contribution >= 4 is 28.2 Å². The van der Waals surface area contributed by atoms with Gasteiger partial charge in [0.2, 0.25) is 5.91 Å². The van der Waals surface area contributed by atoms with Crippen LogP contribution in [0.15, 0.2) is 24.3 Å². The van der Waals surface area contributed by atoms with Crippen LogP contribution in [0.25, 0.3) is 0 Å². The molecule has 0 aliphatic carbocycles. The summed E-state index contributed by atoms with van der Waals surface area (Å²) >= 11 is 1.34. The number of anilines is 1. The van der Waals surface area contributed by atoms with Crippen molar-refractivity contribution < 1.29 is 19.1 Å². The zero-order valence-corrected chi connectivity index (χ0v) is 15.9. The quantitative estimate of drug-likeness (QED) is 0.854. The molecule has 1 aromatic heterocycles. The van der Waals surface area contributed by atoms with Crippen LogP contribution in [0.3, 0.4) is 0 Å². The third-order valence-electron chi connectivity index (χ3n) is 4.28. The van der Waals surface area contributed by atoms with Crippen molar-refractivity contribution in [3.8, 4) is 17.6 Å². The number of ether oxygens (including phenoxy) is 2. The fraction of sp³-hybridized carbons (Fsp3) is 0.316. The predicted octanol–water partition coefficient (Wildman–Crippen LogP) is 2.55. The lowest BCUT2D eigenvalue weighted by Crippen LogP contribution is -2.33. The Kier molecular flexibility index (Phi) is 5.62. The molecule has 7 nitrogen and oxygen atoms in total. The van der Waals surface area contributed by atoms with Crippen molar-refractivity contribution in [3.63, 3.8) is 0 Å². The third kappa shape index (κ3) is 4.20. The smallest absolute Gasteiger partial charge is 0.262 e. The second kappa shape index (κ2) is 8.10. The van der Waals surface area contributed by atoms with Crippen molar-refractivity contribution in [2.45, 2.75) is 19.9 Å². The van der Waals surface area contributed by atoms with Gasteiger partial charge in [-0.3, -0.25) is 9.59 Å². The Morgan fingerprint density at radius 3 is 2.85 bits per heavy atom. The highest BCUT2D eigenvalue weighted by Crippen LogP contribution is 2.36. The Bertz CT molecular complexity index is 916. The van der Waals surface area contributed by atoms with Gasteiger partial charge in [0.15, 0.2) is 6.61 Å². The molecule has 2 aromatic rings. The molecule has 0 saturated heterocycles. The standard InChI is InChI=1S/C19H19N3O4S/c1-12(23)22-7-6-15-16(9-20)19(27-17(15)10-22)21-18(24)11-26-14-5-3-4-13(8-14)25-2/h3-5,8H,6-7,10-11H2,1-2H3,(H,21,24). The topological polar surface area (TPSA) is 91.7 Å². The number of nitrogens with one attached hydrogen (secondary N) is 1. The number of hydrogen-bond acceptors (Lipinski definition) is 6. The number of methoxy groups -OCH3 is 1. The lowest BCUT2D eigenvalue weighted by atomic mass is 10.0. The van der Waals surface area contributed by atoms with Crippen LogP contribution >= 0.6 is 11.3 Å². The lowest BCUT2D eigenvalue weighted by Gasteiger charge is -2.25. The predicted molar refractivity (Wildman–Crippen MR) is 101 cm³/mol. The fourth-order valence-electron chi connectivity index (χ4n) is 2.88. The SMILES string of the molecule is COc1cccc(OCC(=O)Nc2sc3c(c2C#N)CCN(C(C)=O)C3)c1. The first-order valence-corrected chi connectivity index (χ1v) is 9.20. The lowest BCUT2D eigenvalue weighted by molar-refractivity contribution is -0.129. The summed E-state index contributed by atoms with van der Waals surface area (Å²) in [7, 11) is 1.56. The van der Waals surface area contributed by atoms with E-state index in [0.29, 0.717) is 41.6 Å². The minimum atomic E-state index is -0.351. The van der Waals surface area contributed by atoms with Crippen molar-refractivity contribution in [2.75, 3.05) is 25.6 Å². The van der Waals surface area contributed by atoms with E-state index in [0.717, 1.165) is 10.4 Å². The molecule has 0 radical (unpaired) electrons. The van der Waals surface area contributed by atoms with Crippen LogP contribution in [0.2, 0.25) is 0 Å². The number of rotatable bonds is 5. The van der Waals surface area contributed by atoms with E-state index in [9.17, 15) is 14.9 Å². The van der Waals surface area contributed by atoms with E-state index >= 15 is 0 Å². The summed E-state index contributed by atoms with van der Waals surface area (Å²) in [6.07, 6.45) is 0.616. The first-order chi connectivity index (χ1) is 13.0. The van der Waals surface area contributed by atoms with Crippen LogP contribution < -0.4 is 14.8 Å². The van der Waals surface area contributed by atoms with Crippen LogP contribution in [-0.2, 0) is 22.6 Å². The molecular weight excluding hydrogens is 366 g/mol. The van der Waals surface area contributed by atoms with Gasteiger partial charge in [-0.25, -0.2) is 0 Å². The number of hydrogen-bond donors (Lipinski definition) is 1. The van der Waals surface area contributed by atoms with Crippen LogP contribution in [0.5, 0.6) is 11.5 Å². The summed E-state index contributed by atoms with van der Waals surface area (Å²) in [6, 6.07) is 9.15. The third-order valence-corrected chi connectivity index (χ3v) is 5.41. The molecule has 0 saturated carbocycles. The van der Waals surface area contributed by atoms with Gasteiger partial charge in [0.1, 0.15) is 22.6 Å². The molecular formula is C19H19N3O4S. The van der Waals surface area contributed by atoms with Crippen molar-refractivity contribution in [3.05, 3.63) is 40.3 Å². The van der Waals surface area contributed by atoms with E-state index in [2.05, 4.69) is 11.4 Å². The average Bonchev–Trinajstić information content (AvgIpc) is 3.02. The van der Waals surface area contributed by atoms with E-state index in [1.807, 2.05) is 0 Å². The number of carbonyl (C=O) groups is 2. The fourth-order valence-corrected chi connectivity index (χ4v) is 4.11. The van der Waals surface area contributed by atoms with Gasteiger partial charge in [0.05, 0.1) is 19.2 Å². The zero-order chi connectivity index (χ0) is 19.4. The molecule has 27 heavy (non-hydrogen) atoms. The molecule has 2 heterocycles. The van der Waals surface area contributed by atoms with Gasteiger partial charge in [0.25, 0.3) is 5.91 Å². The average molecular weight is 385 g/mol. The minimum Gasteiger partial charge on any atom is -0.497 e. The van der Waals surface area contributed by atoms with E-state index in [1.165, 1.54) is 18.3 Å². The maximum Gasteiger partial charge on any atom is 0.262 e. The van der Waals surface area contributed by atoms with Gasteiger partial charge in [0, 0.05) is 24.4 Å². The molecule has 1 aliphatic rings. The first kappa shape index (κ1) is 18.7. The molecule has 0 unspecified atom stereocenters. The molecule has 1 N–H and O–H groups in total. The van der Waals surface area contributed by atoms with E-state index in [-0.39, 0.29) is 18.4 Å². The van der Waals surface area contributed by atoms with Gasteiger partial charge in [-0.2, -0.15) is 5.26 Å². The zero-order valence-electron chi connectivity index (χ0n) is 15.1. The Balaban J connectivity index is 1.67. The molecule has 1 aromatic carbocycles. The van der Waals surface area contributed by atoms with Gasteiger partial charge in [-0.15, -0.1) is 11.3 Å². The molecule has 0 fully saturated rings. The maximum atomic E-state index is 12.3. The number of carbonyl (C=O) groups excluding carboxylic acids is 2. The summed E-state index contributed by atoms with van der Waals surface area (Å²) in [5.74, 6) is 0.814. The largest absolute Gasteiger partial charge is 0.497 e. The molecule has 1 aliphatic heterocycles.